The number of hydrogen-bond donors (Lipinski definition) is 7. The molecule has 11 heteroatoms. The van der Waals surface area contributed by atoms with Crippen LogP contribution in [0, 0.1) is 0 Å². The summed E-state index contributed by atoms with van der Waals surface area (Å²) in [5.41, 5.74) is 20.7. The Morgan fingerprint density at radius 3 is 2.33 bits per heavy atom. The number of aliphatic hydroxyl groups is 1. The third-order valence-electron chi connectivity index (χ3n) is 2.86. The summed E-state index contributed by atoms with van der Waals surface area (Å²) in [6.07, 6.45) is 0.527. The Kier molecular flexibility index (Phi) is 9.56. The molecule has 0 aliphatic heterocycles. The molecule has 2 atom stereocenters. The topological polar surface area (TPSA) is 212 Å². The summed E-state index contributed by atoms with van der Waals surface area (Å²) >= 11 is 0. The summed E-state index contributed by atoms with van der Waals surface area (Å²) in [5, 5.41) is 14.2. The lowest BCUT2D eigenvalue weighted by atomic mass is 10.1. The summed E-state index contributed by atoms with van der Waals surface area (Å²) < 4.78 is 0. The number of aliphatic imine (C=N–C) groups is 1. The zero-order valence-corrected chi connectivity index (χ0v) is 13.3. The molecule has 0 saturated carbocycles. The van der Waals surface area contributed by atoms with E-state index in [1.54, 1.807) is 0 Å². The molecule has 0 fully saturated rings. The van der Waals surface area contributed by atoms with E-state index in [1.165, 1.54) is 0 Å². The minimum atomic E-state index is -1.13. The Morgan fingerprint density at radius 2 is 1.83 bits per heavy atom. The standard InChI is InChI=1S/C13H25N7O4/c1-7(21)9(3-2-4-18-13(16)17)20-11(23)6-19-12(24)8(14)5-10(15)22/h8-9,21H,1-6,14H2,(H2,15,22)(H,19,24)(H,20,23)(H4,16,17,18). The molecule has 24 heavy (non-hydrogen) atoms. The summed E-state index contributed by atoms with van der Waals surface area (Å²) in [7, 11) is 0. The lowest BCUT2D eigenvalue weighted by molar-refractivity contribution is -0.128. The predicted octanol–water partition coefficient (Wildman–Crippen LogP) is -3.08. The van der Waals surface area contributed by atoms with E-state index >= 15 is 0 Å². The normalized spacial score (nSPS) is 12.5. The van der Waals surface area contributed by atoms with Gasteiger partial charge in [-0.3, -0.25) is 19.4 Å². The minimum Gasteiger partial charge on any atom is -0.511 e. The van der Waals surface area contributed by atoms with Crippen molar-refractivity contribution in [2.45, 2.75) is 31.3 Å². The van der Waals surface area contributed by atoms with E-state index in [-0.39, 0.29) is 24.7 Å². The monoisotopic (exact) mass is 343 g/mol. The average molecular weight is 343 g/mol. The van der Waals surface area contributed by atoms with E-state index in [1.807, 2.05) is 0 Å². The molecule has 0 spiro atoms. The van der Waals surface area contributed by atoms with Crippen molar-refractivity contribution in [1.82, 2.24) is 10.6 Å². The van der Waals surface area contributed by atoms with Gasteiger partial charge < -0.3 is 38.7 Å². The van der Waals surface area contributed by atoms with Crippen LogP contribution in [0.2, 0.25) is 0 Å². The maximum atomic E-state index is 11.8. The molecule has 136 valence electrons. The van der Waals surface area contributed by atoms with Gasteiger partial charge in [0.05, 0.1) is 25.0 Å². The number of nitrogens with zero attached hydrogens (tertiary/aromatic N) is 1. The second-order valence-electron chi connectivity index (χ2n) is 5.05. The highest BCUT2D eigenvalue weighted by molar-refractivity contribution is 5.90. The van der Waals surface area contributed by atoms with Gasteiger partial charge in [0.25, 0.3) is 0 Å². The molecule has 0 aliphatic rings. The third kappa shape index (κ3) is 10.00. The number of nitrogens with two attached hydrogens (primary N) is 4. The zero-order chi connectivity index (χ0) is 18.7. The van der Waals surface area contributed by atoms with E-state index < -0.39 is 29.8 Å². The number of hydrogen-bond acceptors (Lipinski definition) is 6. The second kappa shape index (κ2) is 10.8. The molecule has 11 N–H and O–H groups in total. The zero-order valence-electron chi connectivity index (χ0n) is 13.3. The molecular weight excluding hydrogens is 318 g/mol. The van der Waals surface area contributed by atoms with Gasteiger partial charge in [-0.25, -0.2) is 0 Å². The summed E-state index contributed by atoms with van der Waals surface area (Å²) in [5.74, 6) is -2.24. The van der Waals surface area contributed by atoms with Crippen LogP contribution < -0.4 is 33.6 Å². The number of primary amides is 1. The number of carbonyl (C=O) groups is 3. The fourth-order valence-electron chi connectivity index (χ4n) is 1.68. The van der Waals surface area contributed by atoms with Gasteiger partial charge in [-0.15, -0.1) is 0 Å². The van der Waals surface area contributed by atoms with Crippen molar-refractivity contribution in [3.05, 3.63) is 12.3 Å². The van der Waals surface area contributed by atoms with Gasteiger partial charge in [-0.1, -0.05) is 6.58 Å². The van der Waals surface area contributed by atoms with Crippen molar-refractivity contribution in [2.75, 3.05) is 13.1 Å². The van der Waals surface area contributed by atoms with Crippen LogP contribution in [-0.4, -0.2) is 54.0 Å². The molecule has 0 aliphatic carbocycles. The van der Waals surface area contributed by atoms with Gasteiger partial charge in [0, 0.05) is 6.54 Å². The number of guanidine groups is 1. The molecule has 0 radical (unpaired) electrons. The Morgan fingerprint density at radius 1 is 1.21 bits per heavy atom. The molecule has 0 aromatic rings. The third-order valence-corrected chi connectivity index (χ3v) is 2.86. The first kappa shape index (κ1) is 21.2. The van der Waals surface area contributed by atoms with Crippen LogP contribution in [0.25, 0.3) is 0 Å². The van der Waals surface area contributed by atoms with Crippen molar-refractivity contribution < 1.29 is 19.5 Å². The van der Waals surface area contributed by atoms with Gasteiger partial charge in [0.2, 0.25) is 17.7 Å². The van der Waals surface area contributed by atoms with Crippen molar-refractivity contribution in [1.29, 1.82) is 0 Å². The van der Waals surface area contributed by atoms with Gasteiger partial charge in [-0.05, 0) is 12.8 Å². The predicted molar refractivity (Wildman–Crippen MR) is 88.4 cm³/mol. The molecule has 0 rings (SSSR count). The lowest BCUT2D eigenvalue weighted by Crippen LogP contribution is -2.48. The molecular formula is C13H25N7O4. The van der Waals surface area contributed by atoms with Crippen LogP contribution in [0.5, 0.6) is 0 Å². The quantitative estimate of drug-likeness (QED) is 0.0887. The van der Waals surface area contributed by atoms with Gasteiger partial charge in [-0.2, -0.15) is 0 Å². The first-order valence-corrected chi connectivity index (χ1v) is 7.17. The van der Waals surface area contributed by atoms with Gasteiger partial charge >= 0.3 is 0 Å². The van der Waals surface area contributed by atoms with Crippen molar-refractivity contribution >= 4 is 23.7 Å². The van der Waals surface area contributed by atoms with E-state index in [4.69, 9.17) is 22.9 Å². The molecule has 0 saturated heterocycles. The van der Waals surface area contributed by atoms with Crippen LogP contribution in [0.1, 0.15) is 19.3 Å². The maximum absolute atomic E-state index is 11.8. The second-order valence-corrected chi connectivity index (χ2v) is 5.05. The Hall–Kier alpha value is -2.82. The number of rotatable bonds is 11. The van der Waals surface area contributed by atoms with Crippen LogP contribution in [-0.2, 0) is 14.4 Å². The molecule has 11 nitrogen and oxygen atoms in total. The van der Waals surface area contributed by atoms with Gasteiger partial charge in [0.15, 0.2) is 5.96 Å². The van der Waals surface area contributed by atoms with Crippen LogP contribution >= 0.6 is 0 Å². The first-order valence-electron chi connectivity index (χ1n) is 7.17. The van der Waals surface area contributed by atoms with E-state index in [9.17, 15) is 19.5 Å². The highest BCUT2D eigenvalue weighted by Gasteiger charge is 2.18. The highest BCUT2D eigenvalue weighted by atomic mass is 16.3. The fourth-order valence-corrected chi connectivity index (χ4v) is 1.68. The summed E-state index contributed by atoms with van der Waals surface area (Å²) in [6, 6.07) is -1.83. The molecule has 0 aromatic heterocycles. The Balaban J connectivity index is 4.28. The molecule has 0 bridgehead atoms. The Bertz CT molecular complexity index is 503. The average Bonchev–Trinajstić information content (AvgIpc) is 2.46. The lowest BCUT2D eigenvalue weighted by Gasteiger charge is -2.18. The summed E-state index contributed by atoms with van der Waals surface area (Å²) in [6.45, 7) is 3.34. The first-order chi connectivity index (χ1) is 11.1. The molecule has 0 heterocycles. The van der Waals surface area contributed by atoms with Crippen molar-refractivity contribution in [2.24, 2.45) is 27.9 Å². The van der Waals surface area contributed by atoms with E-state index in [2.05, 4.69) is 22.2 Å². The molecule has 0 aromatic carbocycles. The number of aliphatic hydroxyl groups excluding tert-OH is 1. The fraction of sp³-hybridized carbons (Fsp3) is 0.538. The van der Waals surface area contributed by atoms with Crippen molar-refractivity contribution in [3.63, 3.8) is 0 Å². The number of amides is 3. The maximum Gasteiger partial charge on any atom is 0.239 e. The largest absolute Gasteiger partial charge is 0.511 e. The van der Waals surface area contributed by atoms with Gasteiger partial charge in [0.1, 0.15) is 5.76 Å². The smallest absolute Gasteiger partial charge is 0.239 e. The number of nitrogens with one attached hydrogen (secondary N) is 2. The van der Waals surface area contributed by atoms with Crippen molar-refractivity contribution in [3.8, 4) is 0 Å². The van der Waals surface area contributed by atoms with Crippen LogP contribution in [0.3, 0.4) is 0 Å². The SMILES string of the molecule is C=C(O)C(CCCN=C(N)N)NC(=O)CNC(=O)C(N)CC(N)=O. The molecule has 2 unspecified atom stereocenters. The number of carbonyl (C=O) groups excluding carboxylic acids is 3. The highest BCUT2D eigenvalue weighted by Crippen LogP contribution is 2.04. The Labute approximate surface area is 139 Å². The molecule has 3 amide bonds. The van der Waals surface area contributed by atoms with Crippen LogP contribution in [0.4, 0.5) is 0 Å². The van der Waals surface area contributed by atoms with E-state index in [0.717, 1.165) is 0 Å². The van der Waals surface area contributed by atoms with Crippen LogP contribution in [0.15, 0.2) is 17.3 Å². The minimum absolute atomic E-state index is 0.0478. The summed E-state index contributed by atoms with van der Waals surface area (Å²) in [4.78, 5) is 37.8. The van der Waals surface area contributed by atoms with E-state index in [0.29, 0.717) is 19.4 Å².